The van der Waals surface area contributed by atoms with Gasteiger partial charge in [0.1, 0.15) is 0 Å². The van der Waals surface area contributed by atoms with Crippen LogP contribution in [-0.4, -0.2) is 49.3 Å². The SMILES string of the molecule is Cl.NC1CCC2CN(C(=O)c3ccccc3COC3CCOCC3)CC12. The molecule has 2 heterocycles. The molecule has 1 aromatic carbocycles. The molecule has 3 fully saturated rings. The fourth-order valence-corrected chi connectivity index (χ4v) is 4.55. The molecule has 3 aliphatic rings. The number of hydrogen-bond donors (Lipinski definition) is 1. The van der Waals surface area contributed by atoms with Crippen molar-refractivity contribution >= 4 is 18.3 Å². The Morgan fingerprint density at radius 2 is 1.92 bits per heavy atom. The second-order valence-electron chi connectivity index (χ2n) is 7.66. The van der Waals surface area contributed by atoms with E-state index in [-0.39, 0.29) is 30.5 Å². The third-order valence-electron chi connectivity index (χ3n) is 6.09. The summed E-state index contributed by atoms with van der Waals surface area (Å²) in [7, 11) is 0. The van der Waals surface area contributed by atoms with Crippen molar-refractivity contribution in [3.63, 3.8) is 0 Å². The molecular weight excluding hydrogens is 352 g/mol. The van der Waals surface area contributed by atoms with Crippen LogP contribution in [0.4, 0.5) is 0 Å². The lowest BCUT2D eigenvalue weighted by molar-refractivity contribution is -0.0392. The number of amides is 1. The van der Waals surface area contributed by atoms with E-state index in [0.29, 0.717) is 18.4 Å². The van der Waals surface area contributed by atoms with E-state index in [2.05, 4.69) is 0 Å². The Morgan fingerprint density at radius 1 is 1.15 bits per heavy atom. The molecule has 1 aromatic rings. The van der Waals surface area contributed by atoms with Gasteiger partial charge >= 0.3 is 0 Å². The van der Waals surface area contributed by atoms with Crippen molar-refractivity contribution in [1.29, 1.82) is 0 Å². The molecule has 1 amide bonds. The molecule has 2 N–H and O–H groups in total. The van der Waals surface area contributed by atoms with Crippen LogP contribution >= 0.6 is 12.4 Å². The molecule has 2 saturated heterocycles. The zero-order valence-corrected chi connectivity index (χ0v) is 16.0. The van der Waals surface area contributed by atoms with E-state index in [1.165, 1.54) is 0 Å². The van der Waals surface area contributed by atoms with Crippen molar-refractivity contribution in [3.8, 4) is 0 Å². The first kappa shape index (κ1) is 19.6. The highest BCUT2D eigenvalue weighted by Gasteiger charge is 2.42. The minimum atomic E-state index is 0. The van der Waals surface area contributed by atoms with Crippen LogP contribution in [0.25, 0.3) is 0 Å². The maximum absolute atomic E-state index is 13.1. The number of ether oxygens (including phenoxy) is 2. The molecule has 3 atom stereocenters. The Kier molecular flexibility index (Phi) is 6.56. The van der Waals surface area contributed by atoms with Crippen molar-refractivity contribution < 1.29 is 14.3 Å². The normalized spacial score (nSPS) is 28.7. The van der Waals surface area contributed by atoms with Crippen molar-refractivity contribution in [3.05, 3.63) is 35.4 Å². The third kappa shape index (κ3) is 4.06. The van der Waals surface area contributed by atoms with E-state index in [0.717, 1.165) is 63.1 Å². The molecule has 0 bridgehead atoms. The van der Waals surface area contributed by atoms with Crippen LogP contribution in [0.3, 0.4) is 0 Å². The Balaban J connectivity index is 0.00000196. The van der Waals surface area contributed by atoms with Gasteiger partial charge < -0.3 is 20.1 Å². The Labute approximate surface area is 161 Å². The zero-order chi connectivity index (χ0) is 17.2. The summed E-state index contributed by atoms with van der Waals surface area (Å²) in [6, 6.07) is 8.12. The molecule has 3 unspecified atom stereocenters. The number of rotatable bonds is 4. The van der Waals surface area contributed by atoms with Crippen LogP contribution in [0.2, 0.25) is 0 Å². The Hall–Kier alpha value is -1.14. The molecule has 6 heteroatoms. The van der Waals surface area contributed by atoms with E-state index in [9.17, 15) is 4.79 Å². The molecule has 0 radical (unpaired) electrons. The van der Waals surface area contributed by atoms with Gasteiger partial charge in [0.2, 0.25) is 0 Å². The minimum absolute atomic E-state index is 0. The molecule has 144 valence electrons. The topological polar surface area (TPSA) is 64.8 Å². The number of nitrogens with zero attached hydrogens (tertiary/aromatic N) is 1. The molecule has 26 heavy (non-hydrogen) atoms. The van der Waals surface area contributed by atoms with Gasteiger partial charge in [0.05, 0.1) is 12.7 Å². The number of likely N-dealkylation sites (tertiary alicyclic amines) is 1. The highest BCUT2D eigenvalue weighted by atomic mass is 35.5. The highest BCUT2D eigenvalue weighted by molar-refractivity contribution is 5.95. The van der Waals surface area contributed by atoms with Crippen molar-refractivity contribution in [1.82, 2.24) is 4.90 Å². The largest absolute Gasteiger partial charge is 0.381 e. The lowest BCUT2D eigenvalue weighted by Gasteiger charge is -2.24. The highest BCUT2D eigenvalue weighted by Crippen LogP contribution is 2.37. The van der Waals surface area contributed by atoms with Gasteiger partial charge in [0, 0.05) is 37.9 Å². The van der Waals surface area contributed by atoms with E-state index >= 15 is 0 Å². The summed E-state index contributed by atoms with van der Waals surface area (Å²) in [5.41, 5.74) is 7.98. The monoisotopic (exact) mass is 380 g/mol. The van der Waals surface area contributed by atoms with Crippen LogP contribution in [0.1, 0.15) is 41.6 Å². The molecule has 1 saturated carbocycles. The summed E-state index contributed by atoms with van der Waals surface area (Å²) >= 11 is 0. The summed E-state index contributed by atoms with van der Waals surface area (Å²) in [6.45, 7) is 3.68. The smallest absolute Gasteiger partial charge is 0.254 e. The number of hydrogen-bond acceptors (Lipinski definition) is 4. The minimum Gasteiger partial charge on any atom is -0.381 e. The predicted octanol–water partition coefficient (Wildman–Crippen LogP) is 2.61. The summed E-state index contributed by atoms with van der Waals surface area (Å²) in [5, 5.41) is 0. The molecule has 5 nitrogen and oxygen atoms in total. The van der Waals surface area contributed by atoms with Gasteiger partial charge in [-0.1, -0.05) is 18.2 Å². The fraction of sp³-hybridized carbons (Fsp3) is 0.650. The maximum atomic E-state index is 13.1. The van der Waals surface area contributed by atoms with Gasteiger partial charge in [-0.15, -0.1) is 12.4 Å². The summed E-state index contributed by atoms with van der Waals surface area (Å²) in [4.78, 5) is 15.1. The van der Waals surface area contributed by atoms with Crippen molar-refractivity contribution in [2.75, 3.05) is 26.3 Å². The Morgan fingerprint density at radius 3 is 2.69 bits per heavy atom. The molecule has 0 spiro atoms. The van der Waals surface area contributed by atoms with E-state index in [1.807, 2.05) is 29.2 Å². The fourth-order valence-electron chi connectivity index (χ4n) is 4.55. The van der Waals surface area contributed by atoms with Crippen LogP contribution < -0.4 is 5.73 Å². The first-order valence-electron chi connectivity index (χ1n) is 9.54. The number of benzene rings is 1. The first-order chi connectivity index (χ1) is 12.2. The van der Waals surface area contributed by atoms with Crippen molar-refractivity contribution in [2.45, 2.75) is 44.4 Å². The van der Waals surface area contributed by atoms with Gasteiger partial charge in [-0.2, -0.15) is 0 Å². The maximum Gasteiger partial charge on any atom is 0.254 e. The first-order valence-corrected chi connectivity index (χ1v) is 9.54. The molecule has 4 rings (SSSR count). The summed E-state index contributed by atoms with van der Waals surface area (Å²) in [5.74, 6) is 1.20. The molecule has 0 aromatic heterocycles. The van der Waals surface area contributed by atoms with Crippen molar-refractivity contribution in [2.24, 2.45) is 17.6 Å². The lowest BCUT2D eigenvalue weighted by atomic mass is 9.98. The van der Waals surface area contributed by atoms with E-state index in [1.54, 1.807) is 0 Å². The number of carbonyl (C=O) groups is 1. The van der Waals surface area contributed by atoms with Gasteiger partial charge in [-0.05, 0) is 49.1 Å². The summed E-state index contributed by atoms with van der Waals surface area (Å²) < 4.78 is 11.4. The van der Waals surface area contributed by atoms with Gasteiger partial charge in [-0.3, -0.25) is 4.79 Å². The lowest BCUT2D eigenvalue weighted by Crippen LogP contribution is -2.34. The van der Waals surface area contributed by atoms with Crippen LogP contribution in [-0.2, 0) is 16.1 Å². The average Bonchev–Trinajstić information content (AvgIpc) is 3.23. The Bertz CT molecular complexity index is 621. The second-order valence-corrected chi connectivity index (χ2v) is 7.66. The molecule has 1 aliphatic carbocycles. The van der Waals surface area contributed by atoms with Crippen LogP contribution in [0.15, 0.2) is 24.3 Å². The zero-order valence-electron chi connectivity index (χ0n) is 15.1. The van der Waals surface area contributed by atoms with Crippen LogP contribution in [0.5, 0.6) is 0 Å². The summed E-state index contributed by atoms with van der Waals surface area (Å²) in [6.07, 6.45) is 4.37. The molecule has 2 aliphatic heterocycles. The average molecular weight is 381 g/mol. The number of carbonyl (C=O) groups excluding carboxylic acids is 1. The van der Waals surface area contributed by atoms with Gasteiger partial charge in [0.25, 0.3) is 5.91 Å². The second kappa shape index (κ2) is 8.70. The van der Waals surface area contributed by atoms with Gasteiger partial charge in [0.15, 0.2) is 0 Å². The third-order valence-corrected chi connectivity index (χ3v) is 6.09. The predicted molar refractivity (Wildman–Crippen MR) is 102 cm³/mol. The molecular formula is C20H29ClN2O3. The van der Waals surface area contributed by atoms with E-state index < -0.39 is 0 Å². The standard InChI is InChI=1S/C20H28N2O3.ClH/c21-19-6-5-14-11-22(12-18(14)19)20(23)17-4-2-1-3-15(17)13-25-16-7-9-24-10-8-16;/h1-4,14,16,18-19H,5-13,21H2;1H. The number of fused-ring (bicyclic) bond motifs is 1. The van der Waals surface area contributed by atoms with E-state index in [4.69, 9.17) is 15.2 Å². The number of halogens is 1. The number of nitrogens with two attached hydrogens (primary N) is 1. The van der Waals surface area contributed by atoms with Gasteiger partial charge in [-0.25, -0.2) is 0 Å². The van der Waals surface area contributed by atoms with Crippen LogP contribution in [0, 0.1) is 11.8 Å². The quantitative estimate of drug-likeness (QED) is 0.872.